The van der Waals surface area contributed by atoms with Crippen molar-refractivity contribution in [3.8, 4) is 22.4 Å². The Hall–Kier alpha value is -4.82. The Balaban J connectivity index is 1.66. The molecule has 0 fully saturated rings. The Kier molecular flexibility index (Phi) is 6.14. The Morgan fingerprint density at radius 1 is 0.595 bits per heavy atom. The number of rotatable bonds is 5. The molecule has 0 N–H and O–H groups in total. The quantitative estimate of drug-likeness (QED) is 0.233. The smallest absolute Gasteiger partial charge is 0.102 e. The fourth-order valence-corrected chi connectivity index (χ4v) is 4.93. The van der Waals surface area contributed by atoms with Crippen molar-refractivity contribution < 1.29 is 0 Å². The van der Waals surface area contributed by atoms with Gasteiger partial charge in [-0.3, -0.25) is 0 Å². The number of hydrogen-bond acceptors (Lipinski definition) is 2. The van der Waals surface area contributed by atoms with Crippen molar-refractivity contribution in [2.75, 3.05) is 0 Å². The van der Waals surface area contributed by atoms with Gasteiger partial charge < -0.3 is 0 Å². The molecule has 176 valence electrons. The van der Waals surface area contributed by atoms with Gasteiger partial charge in [0.05, 0.1) is 5.52 Å². The minimum absolute atomic E-state index is 0.884. The molecule has 0 bridgehead atoms. The fourth-order valence-electron chi connectivity index (χ4n) is 4.93. The summed E-state index contributed by atoms with van der Waals surface area (Å²) in [6, 6.07) is 46.4. The predicted molar refractivity (Wildman–Crippen MR) is 155 cm³/mol. The van der Waals surface area contributed by atoms with Crippen LogP contribution >= 0.6 is 0 Å². The summed E-state index contributed by atoms with van der Waals surface area (Å²) >= 11 is 0. The molecule has 1 heterocycles. The molecule has 0 aliphatic rings. The Bertz CT molecular complexity index is 1700. The number of nitrogens with zero attached hydrogens (tertiary/aromatic N) is 2. The monoisotopic (exact) mass is 474 g/mol. The van der Waals surface area contributed by atoms with E-state index in [1.54, 1.807) is 0 Å². The first-order valence-corrected chi connectivity index (χ1v) is 12.5. The van der Waals surface area contributed by atoms with Crippen molar-refractivity contribution in [1.29, 1.82) is 0 Å². The zero-order valence-electron chi connectivity index (χ0n) is 20.7. The zero-order valence-corrected chi connectivity index (χ0v) is 20.7. The summed E-state index contributed by atoms with van der Waals surface area (Å²) < 4.78 is 0. The maximum atomic E-state index is 4.88. The third-order valence-corrected chi connectivity index (χ3v) is 6.72. The highest BCUT2D eigenvalue weighted by Crippen LogP contribution is 2.40. The summed E-state index contributed by atoms with van der Waals surface area (Å²) in [5.74, 6) is 0. The summed E-state index contributed by atoms with van der Waals surface area (Å²) in [4.78, 5) is 0. The highest BCUT2D eigenvalue weighted by Gasteiger charge is 2.19. The largest absolute Gasteiger partial charge is 0.150 e. The first-order chi connectivity index (χ1) is 18.3. The highest BCUT2D eigenvalue weighted by atomic mass is 15.1. The summed E-state index contributed by atoms with van der Waals surface area (Å²) in [5.41, 5.74) is 10.8. The van der Waals surface area contributed by atoms with E-state index in [0.717, 1.165) is 61.1 Å². The van der Waals surface area contributed by atoms with E-state index in [2.05, 4.69) is 140 Å². The molecule has 2 heteroatoms. The van der Waals surface area contributed by atoms with Crippen LogP contribution in [0.15, 0.2) is 133 Å². The van der Waals surface area contributed by atoms with Crippen LogP contribution in [0, 0.1) is 6.92 Å². The molecule has 0 unspecified atom stereocenters. The summed E-state index contributed by atoms with van der Waals surface area (Å²) in [6.07, 6.45) is 2.26. The third-order valence-electron chi connectivity index (χ3n) is 6.72. The van der Waals surface area contributed by atoms with Crippen LogP contribution in [-0.2, 0) is 0 Å². The lowest BCUT2D eigenvalue weighted by atomic mass is 9.88. The second-order valence-corrected chi connectivity index (χ2v) is 9.14. The van der Waals surface area contributed by atoms with E-state index >= 15 is 0 Å². The van der Waals surface area contributed by atoms with Crippen molar-refractivity contribution in [3.63, 3.8) is 0 Å². The van der Waals surface area contributed by atoms with Crippen LogP contribution < -0.4 is 0 Å². The second kappa shape index (κ2) is 10.0. The molecule has 2 nitrogen and oxygen atoms in total. The van der Waals surface area contributed by atoms with Gasteiger partial charge in [0.2, 0.25) is 0 Å². The lowest BCUT2D eigenvalue weighted by Gasteiger charge is -2.18. The molecule has 37 heavy (non-hydrogen) atoms. The maximum absolute atomic E-state index is 4.88. The van der Waals surface area contributed by atoms with Crippen molar-refractivity contribution in [2.45, 2.75) is 6.92 Å². The standard InChI is InChI=1S/C35H26N2/c1-25-14-13-23-31-33(28-19-9-4-10-20-28)35(37-36-34(25)31)30-22-12-11-21-29(30)32(27-17-7-3-8-18-27)24-26-15-5-2-6-16-26/h2-24H,1H3/b32-24+. The Morgan fingerprint density at radius 3 is 2.00 bits per heavy atom. The topological polar surface area (TPSA) is 25.8 Å². The molecular formula is C35H26N2. The van der Waals surface area contributed by atoms with Crippen LogP contribution in [0.5, 0.6) is 0 Å². The van der Waals surface area contributed by atoms with Gasteiger partial charge in [-0.25, -0.2) is 0 Å². The van der Waals surface area contributed by atoms with Crippen LogP contribution in [0.4, 0.5) is 0 Å². The normalized spacial score (nSPS) is 11.5. The van der Waals surface area contributed by atoms with Crippen LogP contribution in [-0.4, -0.2) is 10.2 Å². The Morgan fingerprint density at radius 2 is 1.24 bits per heavy atom. The van der Waals surface area contributed by atoms with E-state index in [4.69, 9.17) is 10.2 Å². The van der Waals surface area contributed by atoms with E-state index in [0.29, 0.717) is 0 Å². The molecular weight excluding hydrogens is 448 g/mol. The first-order valence-electron chi connectivity index (χ1n) is 12.5. The minimum atomic E-state index is 0.884. The predicted octanol–water partition coefficient (Wildman–Crippen LogP) is 8.86. The highest BCUT2D eigenvalue weighted by molar-refractivity contribution is 6.04. The minimum Gasteiger partial charge on any atom is -0.150 e. The maximum Gasteiger partial charge on any atom is 0.102 e. The fraction of sp³-hybridized carbons (Fsp3) is 0.0286. The third kappa shape index (κ3) is 4.46. The SMILES string of the molecule is Cc1cccc2c(-c3ccccc3)c(-c3ccccc3/C(=C/c3ccccc3)c3ccccc3)nnc12. The van der Waals surface area contributed by atoms with Gasteiger partial charge in [0, 0.05) is 16.5 Å². The lowest BCUT2D eigenvalue weighted by Crippen LogP contribution is -2.00. The van der Waals surface area contributed by atoms with Gasteiger partial charge in [0.1, 0.15) is 5.69 Å². The van der Waals surface area contributed by atoms with Gasteiger partial charge >= 0.3 is 0 Å². The number of aromatic nitrogens is 2. The number of aryl methyl sites for hydroxylation is 1. The first kappa shape index (κ1) is 22.6. The van der Waals surface area contributed by atoms with E-state index in [-0.39, 0.29) is 0 Å². The summed E-state index contributed by atoms with van der Waals surface area (Å²) in [7, 11) is 0. The van der Waals surface area contributed by atoms with Gasteiger partial charge in [0.25, 0.3) is 0 Å². The molecule has 0 saturated heterocycles. The number of hydrogen-bond donors (Lipinski definition) is 0. The van der Waals surface area contributed by atoms with Crippen LogP contribution in [0.3, 0.4) is 0 Å². The van der Waals surface area contributed by atoms with Crippen molar-refractivity contribution in [2.24, 2.45) is 0 Å². The average Bonchev–Trinajstić information content (AvgIpc) is 2.97. The summed E-state index contributed by atoms with van der Waals surface area (Å²) in [5, 5.41) is 10.7. The Labute approximate surface area is 217 Å². The van der Waals surface area contributed by atoms with Crippen LogP contribution in [0.2, 0.25) is 0 Å². The average molecular weight is 475 g/mol. The van der Waals surface area contributed by atoms with Gasteiger partial charge in [-0.2, -0.15) is 0 Å². The second-order valence-electron chi connectivity index (χ2n) is 9.14. The van der Waals surface area contributed by atoms with Gasteiger partial charge in [-0.15, -0.1) is 10.2 Å². The molecule has 0 amide bonds. The lowest BCUT2D eigenvalue weighted by molar-refractivity contribution is 1.08. The van der Waals surface area contributed by atoms with Gasteiger partial charge in [-0.05, 0) is 46.4 Å². The van der Waals surface area contributed by atoms with E-state index in [1.807, 2.05) is 6.07 Å². The molecule has 1 aromatic heterocycles. The molecule has 0 spiro atoms. The number of benzene rings is 5. The molecule has 6 rings (SSSR count). The summed E-state index contributed by atoms with van der Waals surface area (Å²) in [6.45, 7) is 2.09. The van der Waals surface area contributed by atoms with Gasteiger partial charge in [0.15, 0.2) is 0 Å². The van der Waals surface area contributed by atoms with E-state index in [9.17, 15) is 0 Å². The van der Waals surface area contributed by atoms with Crippen molar-refractivity contribution >= 4 is 22.6 Å². The molecule has 0 atom stereocenters. The molecule has 0 radical (unpaired) electrons. The van der Waals surface area contributed by atoms with Gasteiger partial charge in [-0.1, -0.05) is 133 Å². The molecule has 0 saturated carbocycles. The molecule has 6 aromatic rings. The van der Waals surface area contributed by atoms with Crippen LogP contribution in [0.25, 0.3) is 44.9 Å². The van der Waals surface area contributed by atoms with E-state index < -0.39 is 0 Å². The van der Waals surface area contributed by atoms with E-state index in [1.165, 1.54) is 0 Å². The number of fused-ring (bicyclic) bond motifs is 1. The molecule has 5 aromatic carbocycles. The van der Waals surface area contributed by atoms with Crippen molar-refractivity contribution in [3.05, 3.63) is 156 Å². The zero-order chi connectivity index (χ0) is 25.0. The van der Waals surface area contributed by atoms with Crippen molar-refractivity contribution in [1.82, 2.24) is 10.2 Å². The molecule has 0 aliphatic heterocycles. The van der Waals surface area contributed by atoms with Crippen LogP contribution in [0.1, 0.15) is 22.3 Å². The molecule has 0 aliphatic carbocycles.